The fourth-order valence-corrected chi connectivity index (χ4v) is 4.09. The number of thiophene rings is 1. The second-order valence-corrected chi connectivity index (χ2v) is 7.01. The molecule has 1 aliphatic rings. The van der Waals surface area contributed by atoms with Gasteiger partial charge in [-0.25, -0.2) is 0 Å². The molecule has 19 heavy (non-hydrogen) atoms. The highest BCUT2D eigenvalue weighted by molar-refractivity contribution is 7.09. The fraction of sp³-hybridized carbons (Fsp3) is 0.750. The van der Waals surface area contributed by atoms with Crippen molar-refractivity contribution in [3.05, 3.63) is 22.4 Å². The monoisotopic (exact) mass is 280 g/mol. The molecule has 0 amide bonds. The fourth-order valence-electron chi connectivity index (χ4n) is 3.34. The van der Waals surface area contributed by atoms with Crippen molar-refractivity contribution in [1.29, 1.82) is 0 Å². The summed E-state index contributed by atoms with van der Waals surface area (Å²) in [5.41, 5.74) is 0. The van der Waals surface area contributed by atoms with Gasteiger partial charge in [0.05, 0.1) is 0 Å². The van der Waals surface area contributed by atoms with E-state index >= 15 is 0 Å². The summed E-state index contributed by atoms with van der Waals surface area (Å²) in [6, 6.07) is 5.13. The number of nitrogens with zero attached hydrogens (tertiary/aromatic N) is 1. The van der Waals surface area contributed by atoms with Crippen molar-refractivity contribution in [3.63, 3.8) is 0 Å². The first-order chi connectivity index (χ1) is 9.22. The quantitative estimate of drug-likeness (QED) is 0.856. The average Bonchev–Trinajstić information content (AvgIpc) is 2.91. The van der Waals surface area contributed by atoms with Crippen LogP contribution >= 0.6 is 11.3 Å². The number of hydrogen-bond donors (Lipinski definition) is 1. The van der Waals surface area contributed by atoms with Crippen molar-refractivity contribution >= 4 is 11.3 Å². The number of rotatable bonds is 6. The Bertz CT molecular complexity index is 350. The van der Waals surface area contributed by atoms with Gasteiger partial charge >= 0.3 is 0 Å². The molecule has 2 nitrogen and oxygen atoms in total. The van der Waals surface area contributed by atoms with E-state index in [0.717, 1.165) is 24.9 Å². The maximum absolute atomic E-state index is 3.54. The van der Waals surface area contributed by atoms with Crippen LogP contribution in [-0.4, -0.2) is 31.1 Å². The maximum Gasteiger partial charge on any atom is 0.0327 e. The molecular weight excluding hydrogens is 252 g/mol. The normalized spacial score (nSPS) is 27.9. The lowest BCUT2D eigenvalue weighted by Crippen LogP contribution is -2.44. The topological polar surface area (TPSA) is 15.3 Å². The Morgan fingerprint density at radius 1 is 1.42 bits per heavy atom. The Morgan fingerprint density at radius 2 is 2.26 bits per heavy atom. The molecule has 1 aromatic heterocycles. The third kappa shape index (κ3) is 4.30. The summed E-state index contributed by atoms with van der Waals surface area (Å²) in [6.45, 7) is 8.21. The second kappa shape index (κ2) is 7.41. The van der Waals surface area contributed by atoms with Gasteiger partial charge < -0.3 is 5.32 Å². The van der Waals surface area contributed by atoms with Gasteiger partial charge in [-0.05, 0) is 56.1 Å². The molecule has 2 rings (SSSR count). The van der Waals surface area contributed by atoms with Crippen molar-refractivity contribution in [1.82, 2.24) is 10.2 Å². The number of hydrogen-bond acceptors (Lipinski definition) is 3. The predicted octanol–water partition coefficient (Wildman–Crippen LogP) is 3.59. The van der Waals surface area contributed by atoms with E-state index in [0.29, 0.717) is 6.04 Å². The predicted molar refractivity (Wildman–Crippen MR) is 84.6 cm³/mol. The first kappa shape index (κ1) is 15.0. The van der Waals surface area contributed by atoms with Crippen LogP contribution in [0.3, 0.4) is 0 Å². The van der Waals surface area contributed by atoms with E-state index in [1.807, 2.05) is 11.3 Å². The van der Waals surface area contributed by atoms with Crippen molar-refractivity contribution in [2.24, 2.45) is 11.8 Å². The third-order valence-corrected chi connectivity index (χ3v) is 5.38. The molecule has 0 bridgehead atoms. The Morgan fingerprint density at radius 3 is 2.89 bits per heavy atom. The van der Waals surface area contributed by atoms with Crippen LogP contribution in [0, 0.1) is 11.8 Å². The average molecular weight is 280 g/mol. The van der Waals surface area contributed by atoms with E-state index < -0.39 is 0 Å². The molecule has 1 N–H and O–H groups in total. The molecule has 1 aliphatic carbocycles. The lowest BCUT2D eigenvalue weighted by atomic mass is 9.78. The Kier molecular flexibility index (Phi) is 5.86. The molecular formula is C16H28N2S. The van der Waals surface area contributed by atoms with Gasteiger partial charge in [0.25, 0.3) is 0 Å². The van der Waals surface area contributed by atoms with Crippen molar-refractivity contribution in [3.8, 4) is 0 Å². The molecule has 0 spiro atoms. The summed E-state index contributed by atoms with van der Waals surface area (Å²) < 4.78 is 0. The second-order valence-electron chi connectivity index (χ2n) is 5.98. The SMILES string of the molecule is CCN(Cc1cccs1)CC1CC(C)CCC1NC. The lowest BCUT2D eigenvalue weighted by molar-refractivity contribution is 0.148. The molecule has 3 atom stereocenters. The smallest absolute Gasteiger partial charge is 0.0327 e. The van der Waals surface area contributed by atoms with Gasteiger partial charge in [-0.1, -0.05) is 19.9 Å². The highest BCUT2D eigenvalue weighted by Gasteiger charge is 2.28. The number of nitrogens with one attached hydrogen (secondary N) is 1. The molecule has 1 heterocycles. The van der Waals surface area contributed by atoms with E-state index in [-0.39, 0.29) is 0 Å². The lowest BCUT2D eigenvalue weighted by Gasteiger charge is -2.37. The van der Waals surface area contributed by atoms with Crippen LogP contribution in [-0.2, 0) is 6.54 Å². The van der Waals surface area contributed by atoms with E-state index in [9.17, 15) is 0 Å². The van der Waals surface area contributed by atoms with Crippen molar-refractivity contribution < 1.29 is 0 Å². The van der Waals surface area contributed by atoms with E-state index in [4.69, 9.17) is 0 Å². The van der Waals surface area contributed by atoms with Crippen LogP contribution in [0.2, 0.25) is 0 Å². The van der Waals surface area contributed by atoms with Crippen LogP contribution < -0.4 is 5.32 Å². The summed E-state index contributed by atoms with van der Waals surface area (Å²) in [7, 11) is 2.13. The van der Waals surface area contributed by atoms with Gasteiger partial charge in [0, 0.05) is 24.0 Å². The summed E-state index contributed by atoms with van der Waals surface area (Å²) >= 11 is 1.88. The summed E-state index contributed by atoms with van der Waals surface area (Å²) in [6.07, 6.45) is 4.12. The minimum Gasteiger partial charge on any atom is -0.317 e. The van der Waals surface area contributed by atoms with E-state index in [1.165, 1.54) is 30.7 Å². The Labute approximate surface area is 122 Å². The third-order valence-electron chi connectivity index (χ3n) is 4.51. The minimum absolute atomic E-state index is 0.716. The van der Waals surface area contributed by atoms with Gasteiger partial charge in [0.1, 0.15) is 0 Å². The molecule has 1 fully saturated rings. The zero-order valence-electron chi connectivity index (χ0n) is 12.6. The molecule has 0 aromatic carbocycles. The van der Waals surface area contributed by atoms with Crippen LogP contribution in [0.1, 0.15) is 38.0 Å². The molecule has 0 saturated heterocycles. The maximum atomic E-state index is 3.54. The van der Waals surface area contributed by atoms with Gasteiger partial charge in [-0.15, -0.1) is 11.3 Å². The molecule has 108 valence electrons. The van der Waals surface area contributed by atoms with Gasteiger partial charge in [0.15, 0.2) is 0 Å². The summed E-state index contributed by atoms with van der Waals surface area (Å²) in [4.78, 5) is 4.10. The van der Waals surface area contributed by atoms with Crippen molar-refractivity contribution in [2.45, 2.75) is 45.7 Å². The standard InChI is InChI=1S/C16H28N2S/c1-4-18(12-15-6-5-9-19-15)11-14-10-13(2)7-8-16(14)17-3/h5-6,9,13-14,16-17H,4,7-8,10-12H2,1-3H3. The summed E-state index contributed by atoms with van der Waals surface area (Å²) in [5, 5.41) is 5.72. The van der Waals surface area contributed by atoms with E-state index in [2.05, 4.69) is 48.6 Å². The first-order valence-corrected chi connectivity index (χ1v) is 8.52. The zero-order valence-corrected chi connectivity index (χ0v) is 13.4. The molecule has 1 saturated carbocycles. The van der Waals surface area contributed by atoms with Gasteiger partial charge in [0.2, 0.25) is 0 Å². The summed E-state index contributed by atoms with van der Waals surface area (Å²) in [5.74, 6) is 1.71. The van der Waals surface area contributed by atoms with Crippen LogP contribution in [0.15, 0.2) is 17.5 Å². The zero-order chi connectivity index (χ0) is 13.7. The minimum atomic E-state index is 0.716. The Balaban J connectivity index is 1.91. The molecule has 3 unspecified atom stereocenters. The molecule has 0 aliphatic heterocycles. The molecule has 3 heteroatoms. The van der Waals surface area contributed by atoms with Crippen LogP contribution in [0.4, 0.5) is 0 Å². The Hall–Kier alpha value is -0.380. The van der Waals surface area contributed by atoms with E-state index in [1.54, 1.807) is 0 Å². The van der Waals surface area contributed by atoms with Crippen molar-refractivity contribution in [2.75, 3.05) is 20.1 Å². The molecule has 0 radical (unpaired) electrons. The molecule has 1 aromatic rings. The van der Waals surface area contributed by atoms with Crippen LogP contribution in [0.25, 0.3) is 0 Å². The highest BCUT2D eigenvalue weighted by Crippen LogP contribution is 2.30. The first-order valence-electron chi connectivity index (χ1n) is 7.65. The van der Waals surface area contributed by atoms with Gasteiger partial charge in [-0.3, -0.25) is 4.90 Å². The highest BCUT2D eigenvalue weighted by atomic mass is 32.1. The largest absolute Gasteiger partial charge is 0.317 e. The van der Waals surface area contributed by atoms with Gasteiger partial charge in [-0.2, -0.15) is 0 Å². The van der Waals surface area contributed by atoms with Crippen LogP contribution in [0.5, 0.6) is 0 Å².